The quantitative estimate of drug-likeness (QED) is 0.329. The first-order valence-corrected chi connectivity index (χ1v) is 5.03. The van der Waals surface area contributed by atoms with Crippen molar-refractivity contribution >= 4 is 11.4 Å². The summed E-state index contributed by atoms with van der Waals surface area (Å²) in [5.74, 6) is 5.29. The van der Waals surface area contributed by atoms with Gasteiger partial charge in [-0.1, -0.05) is 0 Å². The van der Waals surface area contributed by atoms with Crippen LogP contribution >= 0.6 is 0 Å². The molecule has 94 valence electrons. The van der Waals surface area contributed by atoms with Crippen molar-refractivity contribution in [2.24, 2.45) is 5.84 Å². The van der Waals surface area contributed by atoms with Crippen LogP contribution in [-0.4, -0.2) is 27.8 Å². The zero-order valence-corrected chi connectivity index (χ0v) is 9.38. The predicted octanol–water partition coefficient (Wildman–Crippen LogP) is 0.0845. The summed E-state index contributed by atoms with van der Waals surface area (Å²) in [4.78, 5) is 10.4. The Morgan fingerprint density at radius 1 is 1.59 bits per heavy atom. The Bertz CT molecular complexity index is 422. The lowest BCUT2D eigenvalue weighted by Gasteiger charge is -2.13. The molecule has 1 aromatic carbocycles. The first-order chi connectivity index (χ1) is 7.99. The third-order valence-electron chi connectivity index (χ3n) is 2.37. The van der Waals surface area contributed by atoms with Crippen LogP contribution in [0.5, 0.6) is 0 Å². The molecule has 0 radical (unpaired) electrons. The van der Waals surface area contributed by atoms with E-state index in [9.17, 15) is 15.2 Å². The summed E-state index contributed by atoms with van der Waals surface area (Å²) < 4.78 is 0. The van der Waals surface area contributed by atoms with Crippen LogP contribution in [0.4, 0.5) is 11.4 Å². The number of nitrogens with two attached hydrogens (primary N) is 1. The summed E-state index contributed by atoms with van der Waals surface area (Å²) in [6, 6.07) is 3.05. The number of benzene rings is 1. The average Bonchev–Trinajstić information content (AvgIpc) is 2.30. The Balaban J connectivity index is 3.26. The molecule has 1 atom stereocenters. The number of nitro benzene ring substituents is 1. The Labute approximate surface area is 98.0 Å². The molecule has 0 saturated carbocycles. The maximum Gasteiger partial charge on any atom is 0.275 e. The van der Waals surface area contributed by atoms with Crippen LogP contribution < -0.4 is 11.3 Å². The highest BCUT2D eigenvalue weighted by Crippen LogP contribution is 2.29. The van der Waals surface area contributed by atoms with Gasteiger partial charge in [-0.15, -0.1) is 0 Å². The fraction of sp³-hybridized carbons (Fsp3) is 0.400. The molecule has 7 nitrogen and oxygen atoms in total. The van der Waals surface area contributed by atoms with Gasteiger partial charge < -0.3 is 15.6 Å². The zero-order chi connectivity index (χ0) is 13.0. The van der Waals surface area contributed by atoms with Gasteiger partial charge in [0.25, 0.3) is 5.69 Å². The molecule has 7 heteroatoms. The minimum absolute atomic E-state index is 0.0351. The number of nitro groups is 1. The van der Waals surface area contributed by atoms with Gasteiger partial charge in [-0.2, -0.15) is 0 Å². The lowest BCUT2D eigenvalue weighted by Crippen LogP contribution is -2.19. The molecular weight excluding hydrogens is 226 g/mol. The summed E-state index contributed by atoms with van der Waals surface area (Å²) in [5.41, 5.74) is 3.59. The van der Waals surface area contributed by atoms with Crippen LogP contribution in [0.25, 0.3) is 0 Å². The Hall–Kier alpha value is -1.70. The summed E-state index contributed by atoms with van der Waals surface area (Å²) in [7, 11) is 0. The molecule has 17 heavy (non-hydrogen) atoms. The molecule has 0 aliphatic heterocycles. The highest BCUT2D eigenvalue weighted by molar-refractivity contribution is 5.62. The van der Waals surface area contributed by atoms with Crippen LogP contribution in [0.3, 0.4) is 0 Å². The summed E-state index contributed by atoms with van der Waals surface area (Å²) in [5, 5.41) is 29.0. The van der Waals surface area contributed by atoms with Gasteiger partial charge in [0.05, 0.1) is 28.9 Å². The third kappa shape index (κ3) is 3.13. The van der Waals surface area contributed by atoms with Crippen LogP contribution in [0, 0.1) is 17.0 Å². The molecule has 0 aromatic heterocycles. The van der Waals surface area contributed by atoms with Gasteiger partial charge in [0, 0.05) is 12.5 Å². The predicted molar refractivity (Wildman–Crippen MR) is 62.4 cm³/mol. The van der Waals surface area contributed by atoms with Crippen molar-refractivity contribution in [3.63, 3.8) is 0 Å². The van der Waals surface area contributed by atoms with Crippen molar-refractivity contribution in [3.8, 4) is 0 Å². The fourth-order valence-electron chi connectivity index (χ4n) is 1.60. The first-order valence-electron chi connectivity index (χ1n) is 5.03. The second kappa shape index (κ2) is 5.58. The monoisotopic (exact) mass is 241 g/mol. The number of nitrogens with one attached hydrogen (secondary N) is 1. The molecule has 1 aromatic rings. The fourth-order valence-corrected chi connectivity index (χ4v) is 1.60. The largest absolute Gasteiger partial charge is 0.394 e. The molecule has 0 amide bonds. The molecule has 0 spiro atoms. The number of rotatable bonds is 5. The zero-order valence-electron chi connectivity index (χ0n) is 9.38. The molecule has 0 fully saturated rings. The van der Waals surface area contributed by atoms with E-state index >= 15 is 0 Å². The summed E-state index contributed by atoms with van der Waals surface area (Å²) in [6.45, 7) is 1.25. The summed E-state index contributed by atoms with van der Waals surface area (Å²) in [6.07, 6.45) is -1.09. The van der Waals surface area contributed by atoms with Crippen molar-refractivity contribution in [2.75, 3.05) is 12.0 Å². The van der Waals surface area contributed by atoms with Gasteiger partial charge in [0.2, 0.25) is 0 Å². The summed E-state index contributed by atoms with van der Waals surface area (Å²) >= 11 is 0. The van der Waals surface area contributed by atoms with E-state index in [1.54, 1.807) is 13.0 Å². The SMILES string of the molecule is Cc1cc(NN)c(CC(O)CO)c([N+](=O)[O-])c1. The third-order valence-corrected chi connectivity index (χ3v) is 2.37. The molecular formula is C10H15N3O4. The molecule has 0 saturated heterocycles. The van der Waals surface area contributed by atoms with Crippen molar-refractivity contribution < 1.29 is 15.1 Å². The molecule has 0 aliphatic rings. The van der Waals surface area contributed by atoms with Crippen LogP contribution in [0.2, 0.25) is 0 Å². The van der Waals surface area contributed by atoms with Crippen molar-refractivity contribution in [3.05, 3.63) is 33.4 Å². The molecule has 0 heterocycles. The van der Waals surface area contributed by atoms with E-state index in [1.807, 2.05) is 0 Å². The minimum atomic E-state index is -1.05. The number of aliphatic hydroxyl groups excluding tert-OH is 2. The highest BCUT2D eigenvalue weighted by Gasteiger charge is 2.20. The maximum absolute atomic E-state index is 10.9. The van der Waals surface area contributed by atoms with Gasteiger partial charge in [-0.3, -0.25) is 16.0 Å². The second-order valence-electron chi connectivity index (χ2n) is 3.75. The van der Waals surface area contributed by atoms with E-state index in [0.29, 0.717) is 11.3 Å². The molecule has 0 bridgehead atoms. The molecule has 1 unspecified atom stereocenters. The molecule has 5 N–H and O–H groups in total. The smallest absolute Gasteiger partial charge is 0.275 e. The topological polar surface area (TPSA) is 122 Å². The maximum atomic E-state index is 10.9. The van der Waals surface area contributed by atoms with E-state index in [0.717, 1.165) is 0 Å². The number of hydrazine groups is 1. The number of aliphatic hydroxyl groups is 2. The van der Waals surface area contributed by atoms with E-state index < -0.39 is 17.6 Å². The number of anilines is 1. The van der Waals surface area contributed by atoms with Gasteiger partial charge in [0.15, 0.2) is 0 Å². The number of hydrogen-bond acceptors (Lipinski definition) is 6. The first kappa shape index (κ1) is 13.4. The van der Waals surface area contributed by atoms with E-state index in [1.165, 1.54) is 6.07 Å². The molecule has 1 rings (SSSR count). The number of hydrogen-bond donors (Lipinski definition) is 4. The van der Waals surface area contributed by atoms with E-state index in [4.69, 9.17) is 10.9 Å². The molecule has 0 aliphatic carbocycles. The number of aryl methyl sites for hydroxylation is 1. The van der Waals surface area contributed by atoms with Crippen LogP contribution in [0.15, 0.2) is 12.1 Å². The standard InChI is InChI=1S/C10H15N3O4/c1-6-2-9(12-11)8(4-7(15)5-14)10(3-6)13(16)17/h2-3,7,12,14-15H,4-5,11H2,1H3. The second-order valence-corrected chi connectivity index (χ2v) is 3.75. The van der Waals surface area contributed by atoms with Crippen molar-refractivity contribution in [1.82, 2.24) is 0 Å². The van der Waals surface area contributed by atoms with E-state index in [2.05, 4.69) is 5.43 Å². The Morgan fingerprint density at radius 3 is 2.71 bits per heavy atom. The van der Waals surface area contributed by atoms with Gasteiger partial charge in [-0.25, -0.2) is 0 Å². The Morgan fingerprint density at radius 2 is 2.24 bits per heavy atom. The van der Waals surface area contributed by atoms with Crippen LogP contribution in [-0.2, 0) is 6.42 Å². The van der Waals surface area contributed by atoms with Crippen LogP contribution in [0.1, 0.15) is 11.1 Å². The average molecular weight is 241 g/mol. The van der Waals surface area contributed by atoms with Gasteiger partial charge in [-0.05, 0) is 18.6 Å². The minimum Gasteiger partial charge on any atom is -0.394 e. The normalized spacial score (nSPS) is 12.2. The lowest BCUT2D eigenvalue weighted by atomic mass is 10.0. The lowest BCUT2D eigenvalue weighted by molar-refractivity contribution is -0.385. The van der Waals surface area contributed by atoms with Crippen molar-refractivity contribution in [1.29, 1.82) is 0 Å². The number of nitrogens with zero attached hydrogens (tertiary/aromatic N) is 1. The van der Waals surface area contributed by atoms with E-state index in [-0.39, 0.29) is 17.7 Å². The number of nitrogen functional groups attached to an aromatic ring is 1. The highest BCUT2D eigenvalue weighted by atomic mass is 16.6. The Kier molecular flexibility index (Phi) is 4.38. The van der Waals surface area contributed by atoms with Gasteiger partial charge >= 0.3 is 0 Å². The van der Waals surface area contributed by atoms with Gasteiger partial charge in [0.1, 0.15) is 0 Å². The van der Waals surface area contributed by atoms with Crippen molar-refractivity contribution in [2.45, 2.75) is 19.4 Å².